The van der Waals surface area contributed by atoms with Crippen molar-refractivity contribution < 1.29 is 0 Å². The molecular formula is C16H23N5S. The zero-order valence-electron chi connectivity index (χ0n) is 13.0. The number of thiophene rings is 1. The fraction of sp³-hybridized carbons (Fsp3) is 0.500. The molecule has 118 valence electrons. The fourth-order valence-corrected chi connectivity index (χ4v) is 3.51. The maximum atomic E-state index is 5.85. The molecule has 0 aromatic carbocycles. The van der Waals surface area contributed by atoms with Crippen LogP contribution in [0, 0.1) is 0 Å². The maximum Gasteiger partial charge on any atom is 0.222 e. The molecule has 2 aromatic rings. The number of nitrogens with zero attached hydrogens (tertiary/aromatic N) is 3. The van der Waals surface area contributed by atoms with Crippen LogP contribution >= 0.6 is 11.3 Å². The van der Waals surface area contributed by atoms with Gasteiger partial charge in [-0.25, -0.2) is 4.98 Å². The molecule has 1 fully saturated rings. The van der Waals surface area contributed by atoms with E-state index in [1.165, 1.54) is 5.56 Å². The number of aryl methyl sites for hydroxylation is 1. The third-order valence-corrected chi connectivity index (χ3v) is 4.71. The Morgan fingerprint density at radius 3 is 3.14 bits per heavy atom. The minimum absolute atomic E-state index is 0.385. The molecule has 1 atom stereocenters. The molecule has 1 aliphatic rings. The molecule has 1 saturated heterocycles. The Hall–Kier alpha value is -1.66. The molecule has 3 heterocycles. The van der Waals surface area contributed by atoms with Gasteiger partial charge in [0.05, 0.1) is 0 Å². The average molecular weight is 317 g/mol. The van der Waals surface area contributed by atoms with Crippen LogP contribution in [0.15, 0.2) is 22.9 Å². The van der Waals surface area contributed by atoms with Gasteiger partial charge in [-0.15, -0.1) is 0 Å². The highest BCUT2D eigenvalue weighted by Crippen LogP contribution is 2.20. The summed E-state index contributed by atoms with van der Waals surface area (Å²) in [5.41, 5.74) is 8.25. The van der Waals surface area contributed by atoms with Crippen LogP contribution in [0.4, 0.5) is 11.8 Å². The molecule has 6 heteroatoms. The molecule has 22 heavy (non-hydrogen) atoms. The lowest BCUT2D eigenvalue weighted by Crippen LogP contribution is -2.32. The molecular weight excluding hydrogens is 294 g/mol. The molecule has 2 aromatic heterocycles. The molecule has 0 radical (unpaired) electrons. The monoisotopic (exact) mass is 317 g/mol. The summed E-state index contributed by atoms with van der Waals surface area (Å²) in [7, 11) is 0. The molecule has 1 aliphatic heterocycles. The minimum atomic E-state index is 0.385. The van der Waals surface area contributed by atoms with Gasteiger partial charge in [-0.05, 0) is 35.2 Å². The van der Waals surface area contributed by atoms with Gasteiger partial charge in [0, 0.05) is 37.4 Å². The van der Waals surface area contributed by atoms with Crippen LogP contribution in [0.2, 0.25) is 0 Å². The van der Waals surface area contributed by atoms with Gasteiger partial charge in [-0.2, -0.15) is 16.3 Å². The van der Waals surface area contributed by atoms with Crippen LogP contribution in [0.1, 0.15) is 31.0 Å². The molecule has 1 unspecified atom stereocenters. The first kappa shape index (κ1) is 15.2. The Kier molecular flexibility index (Phi) is 4.90. The van der Waals surface area contributed by atoms with Gasteiger partial charge in [-0.1, -0.05) is 13.3 Å². The second kappa shape index (κ2) is 7.07. The van der Waals surface area contributed by atoms with Gasteiger partial charge in [0.1, 0.15) is 5.82 Å². The van der Waals surface area contributed by atoms with Gasteiger partial charge >= 0.3 is 0 Å². The average Bonchev–Trinajstić information content (AvgIpc) is 3.17. The Balaban J connectivity index is 1.59. The van der Waals surface area contributed by atoms with Crippen molar-refractivity contribution in [3.63, 3.8) is 0 Å². The topological polar surface area (TPSA) is 67.1 Å². The third-order valence-electron chi connectivity index (χ3n) is 3.98. The number of hydrogen-bond acceptors (Lipinski definition) is 6. The minimum Gasteiger partial charge on any atom is -0.368 e. The Bertz CT molecular complexity index is 599. The SMILES string of the molecule is CCCc1cc(N2CCC(NCc3ccsc3)C2)nc(N)n1. The van der Waals surface area contributed by atoms with Crippen LogP contribution in [-0.2, 0) is 13.0 Å². The summed E-state index contributed by atoms with van der Waals surface area (Å²) in [6, 6.07) is 4.76. The molecule has 0 bridgehead atoms. The van der Waals surface area contributed by atoms with E-state index in [9.17, 15) is 0 Å². The Morgan fingerprint density at radius 2 is 2.36 bits per heavy atom. The zero-order valence-corrected chi connectivity index (χ0v) is 13.8. The van der Waals surface area contributed by atoms with Crippen LogP contribution in [-0.4, -0.2) is 29.1 Å². The van der Waals surface area contributed by atoms with Crippen LogP contribution in [0.3, 0.4) is 0 Å². The van der Waals surface area contributed by atoms with E-state index in [0.717, 1.165) is 50.4 Å². The van der Waals surface area contributed by atoms with Crippen molar-refractivity contribution in [2.45, 2.75) is 38.8 Å². The summed E-state index contributed by atoms with van der Waals surface area (Å²) < 4.78 is 0. The largest absolute Gasteiger partial charge is 0.368 e. The van der Waals surface area contributed by atoms with E-state index >= 15 is 0 Å². The van der Waals surface area contributed by atoms with Crippen molar-refractivity contribution in [1.82, 2.24) is 15.3 Å². The lowest BCUT2D eigenvalue weighted by atomic mass is 10.2. The van der Waals surface area contributed by atoms with Gasteiger partial charge in [0.15, 0.2) is 0 Å². The highest BCUT2D eigenvalue weighted by atomic mass is 32.1. The summed E-state index contributed by atoms with van der Waals surface area (Å²) in [5, 5.41) is 7.95. The summed E-state index contributed by atoms with van der Waals surface area (Å²) in [6.45, 7) is 5.09. The Morgan fingerprint density at radius 1 is 1.45 bits per heavy atom. The van der Waals surface area contributed by atoms with Crippen molar-refractivity contribution in [3.05, 3.63) is 34.2 Å². The second-order valence-corrected chi connectivity index (χ2v) is 6.55. The molecule has 5 nitrogen and oxygen atoms in total. The molecule has 0 saturated carbocycles. The van der Waals surface area contributed by atoms with Gasteiger partial charge in [0.25, 0.3) is 0 Å². The van der Waals surface area contributed by atoms with Crippen molar-refractivity contribution in [2.75, 3.05) is 23.7 Å². The van der Waals surface area contributed by atoms with Crippen LogP contribution in [0.25, 0.3) is 0 Å². The number of nitrogens with two attached hydrogens (primary N) is 1. The fourth-order valence-electron chi connectivity index (χ4n) is 2.84. The summed E-state index contributed by atoms with van der Waals surface area (Å²) >= 11 is 1.75. The maximum absolute atomic E-state index is 5.85. The van der Waals surface area contributed by atoms with Crippen LogP contribution in [0.5, 0.6) is 0 Å². The van der Waals surface area contributed by atoms with Gasteiger partial charge in [0.2, 0.25) is 5.95 Å². The van der Waals surface area contributed by atoms with Gasteiger partial charge in [-0.3, -0.25) is 0 Å². The van der Waals surface area contributed by atoms with E-state index in [4.69, 9.17) is 5.73 Å². The first-order valence-corrected chi connectivity index (χ1v) is 8.81. The smallest absolute Gasteiger partial charge is 0.222 e. The first-order chi connectivity index (χ1) is 10.7. The predicted octanol–water partition coefficient (Wildman–Crippen LogP) is 2.44. The van der Waals surface area contributed by atoms with Crippen molar-refractivity contribution in [2.24, 2.45) is 0 Å². The Labute approximate surface area is 135 Å². The number of hydrogen-bond donors (Lipinski definition) is 2. The summed E-state index contributed by atoms with van der Waals surface area (Å²) in [6.07, 6.45) is 3.16. The van der Waals surface area contributed by atoms with Crippen molar-refractivity contribution in [1.29, 1.82) is 0 Å². The highest BCUT2D eigenvalue weighted by Gasteiger charge is 2.23. The van der Waals surface area contributed by atoms with E-state index in [1.54, 1.807) is 11.3 Å². The lowest BCUT2D eigenvalue weighted by molar-refractivity contribution is 0.552. The normalized spacial score (nSPS) is 18.0. The van der Waals surface area contributed by atoms with E-state index < -0.39 is 0 Å². The van der Waals surface area contributed by atoms with E-state index in [-0.39, 0.29) is 0 Å². The van der Waals surface area contributed by atoms with Crippen molar-refractivity contribution >= 4 is 23.1 Å². The van der Waals surface area contributed by atoms with Crippen molar-refractivity contribution in [3.8, 4) is 0 Å². The lowest BCUT2D eigenvalue weighted by Gasteiger charge is -2.19. The third kappa shape index (κ3) is 3.75. The number of rotatable bonds is 6. The molecule has 0 spiro atoms. The summed E-state index contributed by atoms with van der Waals surface area (Å²) in [4.78, 5) is 11.0. The van der Waals surface area contributed by atoms with E-state index in [1.807, 2.05) is 0 Å². The number of nitrogen functional groups attached to an aromatic ring is 1. The quantitative estimate of drug-likeness (QED) is 0.856. The molecule has 0 aliphatic carbocycles. The standard InChI is InChI=1S/C16H23N5S/c1-2-3-13-8-15(20-16(17)19-13)21-6-4-14(10-21)18-9-12-5-7-22-11-12/h5,7-8,11,14,18H,2-4,6,9-10H2,1H3,(H2,17,19,20). The molecule has 3 rings (SSSR count). The predicted molar refractivity (Wildman–Crippen MR) is 92.2 cm³/mol. The van der Waals surface area contributed by atoms with Gasteiger partial charge < -0.3 is 16.0 Å². The first-order valence-electron chi connectivity index (χ1n) is 7.87. The van der Waals surface area contributed by atoms with E-state index in [0.29, 0.717) is 12.0 Å². The number of anilines is 2. The zero-order chi connectivity index (χ0) is 15.4. The molecule has 3 N–H and O–H groups in total. The van der Waals surface area contributed by atoms with Crippen LogP contribution < -0.4 is 16.0 Å². The number of nitrogens with one attached hydrogen (secondary N) is 1. The number of aromatic nitrogens is 2. The second-order valence-electron chi connectivity index (χ2n) is 5.77. The summed E-state index contributed by atoms with van der Waals surface area (Å²) in [5.74, 6) is 1.35. The molecule has 0 amide bonds. The highest BCUT2D eigenvalue weighted by molar-refractivity contribution is 7.07. The van der Waals surface area contributed by atoms with E-state index in [2.05, 4.69) is 50.0 Å².